The second-order valence-electron chi connectivity index (χ2n) is 3.79. The van der Waals surface area contributed by atoms with E-state index in [4.69, 9.17) is 0 Å². The summed E-state index contributed by atoms with van der Waals surface area (Å²) in [5, 5.41) is 10.0. The van der Waals surface area contributed by atoms with Gasteiger partial charge in [0.1, 0.15) is 0 Å². The molecule has 0 saturated carbocycles. The molecule has 0 aliphatic heterocycles. The number of aliphatic hydroxyl groups excluding tert-OH is 1. The molecule has 1 atom stereocenters. The first-order valence-corrected chi connectivity index (χ1v) is 6.96. The fourth-order valence-electron chi connectivity index (χ4n) is 1.63. The molecule has 2 aromatic rings. The van der Waals surface area contributed by atoms with Crippen LogP contribution in [0.25, 0.3) is 11.2 Å². The van der Waals surface area contributed by atoms with Crippen LogP contribution in [-0.4, -0.2) is 35.6 Å². The Morgan fingerprint density at radius 2 is 2.17 bits per heavy atom. The van der Waals surface area contributed by atoms with Crippen LogP contribution in [-0.2, 0) is 13.6 Å². The van der Waals surface area contributed by atoms with Crippen molar-refractivity contribution in [1.29, 1.82) is 0 Å². The van der Waals surface area contributed by atoms with Crippen LogP contribution in [0, 0.1) is 0 Å². The Kier molecular flexibility index (Phi) is 3.74. The summed E-state index contributed by atoms with van der Waals surface area (Å²) in [6.07, 6.45) is -0.657. The average molecular weight is 382 g/mol. The number of halogens is 2. The largest absolute Gasteiger partial charge is 0.390 e. The van der Waals surface area contributed by atoms with Gasteiger partial charge in [-0.1, -0.05) is 15.9 Å². The zero-order valence-electron chi connectivity index (χ0n) is 9.35. The summed E-state index contributed by atoms with van der Waals surface area (Å²) in [4.78, 5) is 29.6. The molecule has 9 heteroatoms. The Morgan fingerprint density at radius 1 is 1.50 bits per heavy atom. The second-order valence-corrected chi connectivity index (χ2v) is 5.15. The van der Waals surface area contributed by atoms with E-state index in [2.05, 4.69) is 41.8 Å². The van der Waals surface area contributed by atoms with Gasteiger partial charge in [-0.25, -0.2) is 9.78 Å². The molecule has 2 N–H and O–H groups in total. The quantitative estimate of drug-likeness (QED) is 0.575. The number of H-pyrrole nitrogens is 1. The zero-order chi connectivity index (χ0) is 13.4. The number of alkyl halides is 1. The van der Waals surface area contributed by atoms with E-state index in [1.807, 2.05) is 0 Å². The lowest BCUT2D eigenvalue weighted by Gasteiger charge is -2.09. The van der Waals surface area contributed by atoms with E-state index >= 15 is 0 Å². The lowest BCUT2D eigenvalue weighted by Crippen LogP contribution is -2.30. The zero-order valence-corrected chi connectivity index (χ0v) is 12.5. The van der Waals surface area contributed by atoms with Crippen molar-refractivity contribution in [3.8, 4) is 0 Å². The molecule has 2 aromatic heterocycles. The molecule has 0 fully saturated rings. The van der Waals surface area contributed by atoms with E-state index in [0.717, 1.165) is 0 Å². The summed E-state index contributed by atoms with van der Waals surface area (Å²) in [7, 11) is 1.52. The van der Waals surface area contributed by atoms with Crippen LogP contribution in [0.15, 0.2) is 14.3 Å². The molecule has 0 saturated heterocycles. The maximum Gasteiger partial charge on any atom is 0.329 e. The van der Waals surface area contributed by atoms with Crippen molar-refractivity contribution >= 4 is 43.0 Å². The average Bonchev–Trinajstić information content (AvgIpc) is 2.64. The summed E-state index contributed by atoms with van der Waals surface area (Å²) in [6.45, 7) is 0.198. The summed E-state index contributed by atoms with van der Waals surface area (Å²) >= 11 is 6.37. The Hall–Kier alpha value is -0.930. The molecule has 0 spiro atoms. The highest BCUT2D eigenvalue weighted by molar-refractivity contribution is 9.10. The monoisotopic (exact) mass is 380 g/mol. The SMILES string of the molecule is Cn1c(=O)[nH]c(=O)c2c1nc(Br)n2C[C@@H](O)CBr. The highest BCUT2D eigenvalue weighted by Crippen LogP contribution is 2.16. The van der Waals surface area contributed by atoms with Gasteiger partial charge in [0, 0.05) is 12.4 Å². The molecule has 18 heavy (non-hydrogen) atoms. The van der Waals surface area contributed by atoms with Gasteiger partial charge in [-0.05, 0) is 15.9 Å². The molecule has 0 unspecified atom stereocenters. The Morgan fingerprint density at radius 3 is 2.78 bits per heavy atom. The predicted octanol–water partition coefficient (Wildman–Crippen LogP) is -0.0584. The van der Waals surface area contributed by atoms with Crippen molar-refractivity contribution in [1.82, 2.24) is 19.1 Å². The van der Waals surface area contributed by atoms with Crippen LogP contribution in [0.4, 0.5) is 0 Å². The molecule has 2 heterocycles. The van der Waals surface area contributed by atoms with E-state index in [1.165, 1.54) is 16.2 Å². The van der Waals surface area contributed by atoms with Crippen molar-refractivity contribution in [2.24, 2.45) is 7.05 Å². The van der Waals surface area contributed by atoms with Gasteiger partial charge in [0.25, 0.3) is 5.56 Å². The lowest BCUT2D eigenvalue weighted by molar-refractivity contribution is 0.180. The first kappa shape index (κ1) is 13.5. The minimum Gasteiger partial charge on any atom is -0.390 e. The number of fused-ring (bicyclic) bond motifs is 1. The van der Waals surface area contributed by atoms with Crippen molar-refractivity contribution in [2.45, 2.75) is 12.6 Å². The van der Waals surface area contributed by atoms with Crippen LogP contribution in [0.5, 0.6) is 0 Å². The fraction of sp³-hybridized carbons (Fsp3) is 0.444. The number of aromatic nitrogens is 4. The minimum atomic E-state index is -0.657. The number of hydrogen-bond donors (Lipinski definition) is 2. The maximum absolute atomic E-state index is 11.8. The molecule has 0 bridgehead atoms. The molecule has 0 aliphatic carbocycles. The first-order chi connectivity index (χ1) is 8.45. The van der Waals surface area contributed by atoms with Gasteiger partial charge in [0.15, 0.2) is 15.9 Å². The van der Waals surface area contributed by atoms with E-state index in [9.17, 15) is 14.7 Å². The summed E-state index contributed by atoms with van der Waals surface area (Å²) in [6, 6.07) is 0. The second kappa shape index (κ2) is 4.98. The minimum absolute atomic E-state index is 0.198. The summed E-state index contributed by atoms with van der Waals surface area (Å²) in [5.74, 6) is 0. The van der Waals surface area contributed by atoms with Crippen LogP contribution in [0.1, 0.15) is 0 Å². The number of nitrogens with zero attached hydrogens (tertiary/aromatic N) is 3. The van der Waals surface area contributed by atoms with E-state index in [0.29, 0.717) is 10.1 Å². The van der Waals surface area contributed by atoms with Crippen LogP contribution < -0.4 is 11.2 Å². The number of aliphatic hydroxyl groups is 1. The third-order valence-corrected chi connectivity index (χ3v) is 3.88. The molecular weight excluding hydrogens is 372 g/mol. The van der Waals surface area contributed by atoms with Gasteiger partial charge in [0.2, 0.25) is 0 Å². The van der Waals surface area contributed by atoms with Gasteiger partial charge < -0.3 is 9.67 Å². The van der Waals surface area contributed by atoms with E-state index < -0.39 is 17.4 Å². The van der Waals surface area contributed by atoms with E-state index in [1.54, 1.807) is 0 Å². The molecule has 2 rings (SSSR count). The van der Waals surface area contributed by atoms with Gasteiger partial charge in [-0.15, -0.1) is 0 Å². The Balaban J connectivity index is 2.75. The summed E-state index contributed by atoms with van der Waals surface area (Å²) < 4.78 is 3.17. The fourth-order valence-corrected chi connectivity index (χ4v) is 2.33. The van der Waals surface area contributed by atoms with Gasteiger partial charge in [-0.2, -0.15) is 0 Å². The Bertz CT molecular complexity index is 702. The molecular formula is C9H10Br2N4O3. The standard InChI is InChI=1S/C9H10Br2N4O3/c1-14-6-5(7(17)13-9(14)18)15(8(11)12-6)3-4(16)2-10/h4,16H,2-3H2,1H3,(H,13,17,18)/t4-/m0/s1. The molecule has 7 nitrogen and oxygen atoms in total. The first-order valence-electron chi connectivity index (χ1n) is 5.04. The van der Waals surface area contributed by atoms with Crippen molar-refractivity contribution in [3.63, 3.8) is 0 Å². The number of aryl methyl sites for hydroxylation is 1. The van der Waals surface area contributed by atoms with Crippen LogP contribution in [0.2, 0.25) is 0 Å². The molecule has 98 valence electrons. The number of rotatable bonds is 3. The van der Waals surface area contributed by atoms with Crippen LogP contribution >= 0.6 is 31.9 Å². The molecule has 0 amide bonds. The number of nitrogens with one attached hydrogen (secondary N) is 1. The summed E-state index contributed by atoms with van der Waals surface area (Å²) in [5.41, 5.74) is -0.514. The van der Waals surface area contributed by atoms with Crippen LogP contribution in [0.3, 0.4) is 0 Å². The smallest absolute Gasteiger partial charge is 0.329 e. The molecule has 0 aromatic carbocycles. The normalized spacial score (nSPS) is 13.1. The predicted molar refractivity (Wildman–Crippen MR) is 73.1 cm³/mol. The number of hydrogen-bond acceptors (Lipinski definition) is 4. The third-order valence-electron chi connectivity index (χ3n) is 2.53. The lowest BCUT2D eigenvalue weighted by atomic mass is 10.4. The highest BCUT2D eigenvalue weighted by Gasteiger charge is 2.17. The van der Waals surface area contributed by atoms with Crippen molar-refractivity contribution in [2.75, 3.05) is 5.33 Å². The molecule has 0 aliphatic rings. The van der Waals surface area contributed by atoms with Crippen molar-refractivity contribution < 1.29 is 5.11 Å². The molecule has 0 radical (unpaired) electrons. The topological polar surface area (TPSA) is 92.9 Å². The third kappa shape index (κ3) is 2.17. The maximum atomic E-state index is 11.8. The van der Waals surface area contributed by atoms with Gasteiger partial charge in [-0.3, -0.25) is 14.3 Å². The van der Waals surface area contributed by atoms with E-state index in [-0.39, 0.29) is 17.7 Å². The van der Waals surface area contributed by atoms with Crippen molar-refractivity contribution in [3.05, 3.63) is 25.6 Å². The van der Waals surface area contributed by atoms with Gasteiger partial charge in [0.05, 0.1) is 12.6 Å². The van der Waals surface area contributed by atoms with Gasteiger partial charge >= 0.3 is 5.69 Å². The Labute approximate surface area is 118 Å². The number of imidazole rings is 1. The highest BCUT2D eigenvalue weighted by atomic mass is 79.9. The number of aromatic amines is 1.